The van der Waals surface area contributed by atoms with Crippen molar-refractivity contribution in [2.24, 2.45) is 0 Å². The van der Waals surface area contributed by atoms with Crippen LogP contribution in [0.1, 0.15) is 18.1 Å². The van der Waals surface area contributed by atoms with E-state index in [2.05, 4.69) is 10.6 Å². The number of nitrogens with one attached hydrogen (secondary N) is 2. The number of halogens is 1. The van der Waals surface area contributed by atoms with E-state index in [9.17, 15) is 18.0 Å². The van der Waals surface area contributed by atoms with Crippen molar-refractivity contribution in [3.05, 3.63) is 71.8 Å². The standard InChI is InChI=1S/C26H30N4O4S.ClH/c1-17-13-14-19-9-5-6-10-20(19)21(17)15-29-23-11-7-8-12-24(23)30(35(4,33)34)16-22(26(29)32)28-25(31)18(2)27-3;/h5-14,18,22,27H,15-16H2,1-4H3,(H,28,31);1H. The lowest BCUT2D eigenvalue weighted by Crippen LogP contribution is -2.55. The predicted molar refractivity (Wildman–Crippen MR) is 146 cm³/mol. The number of rotatable bonds is 6. The molecule has 0 saturated carbocycles. The number of hydrogen-bond donors (Lipinski definition) is 2. The molecular formula is C26H31ClN4O4S. The Morgan fingerprint density at radius 1 is 1.06 bits per heavy atom. The molecule has 1 heterocycles. The third-order valence-electron chi connectivity index (χ3n) is 6.49. The number of anilines is 2. The van der Waals surface area contributed by atoms with Crippen molar-refractivity contribution in [3.8, 4) is 0 Å². The van der Waals surface area contributed by atoms with E-state index in [1.165, 1.54) is 4.31 Å². The average Bonchev–Trinajstić information content (AvgIpc) is 2.95. The van der Waals surface area contributed by atoms with E-state index < -0.39 is 22.1 Å². The minimum absolute atomic E-state index is 0. The Labute approximate surface area is 218 Å². The Balaban J connectivity index is 0.00000361. The number of carbonyl (C=O) groups excluding carboxylic acids is 2. The van der Waals surface area contributed by atoms with Gasteiger partial charge in [-0.25, -0.2) is 8.42 Å². The molecule has 3 aromatic rings. The molecule has 2 amide bonds. The SMILES string of the molecule is CNC(C)C(=O)NC1CN(S(C)(=O)=O)c2ccccc2N(Cc2c(C)ccc3ccccc23)C1=O.Cl. The summed E-state index contributed by atoms with van der Waals surface area (Å²) < 4.78 is 26.8. The van der Waals surface area contributed by atoms with Crippen molar-refractivity contribution in [2.75, 3.05) is 29.1 Å². The lowest BCUT2D eigenvalue weighted by molar-refractivity contribution is -0.128. The number of amides is 2. The summed E-state index contributed by atoms with van der Waals surface area (Å²) in [4.78, 5) is 28.2. The van der Waals surface area contributed by atoms with Crippen molar-refractivity contribution in [1.29, 1.82) is 0 Å². The Hall–Kier alpha value is -3.14. The van der Waals surface area contributed by atoms with Gasteiger partial charge in [-0.05, 0) is 54.9 Å². The summed E-state index contributed by atoms with van der Waals surface area (Å²) in [6.45, 7) is 3.71. The van der Waals surface area contributed by atoms with Crippen LogP contribution in [0, 0.1) is 6.92 Å². The number of nitrogens with zero attached hydrogens (tertiary/aromatic N) is 2. The quantitative estimate of drug-likeness (QED) is 0.510. The van der Waals surface area contributed by atoms with Gasteiger partial charge < -0.3 is 15.5 Å². The molecule has 36 heavy (non-hydrogen) atoms. The Kier molecular flexibility index (Phi) is 8.28. The number of para-hydroxylation sites is 2. The lowest BCUT2D eigenvalue weighted by Gasteiger charge is -2.27. The van der Waals surface area contributed by atoms with E-state index >= 15 is 0 Å². The van der Waals surface area contributed by atoms with Crippen LogP contribution in [-0.2, 0) is 26.2 Å². The monoisotopic (exact) mass is 530 g/mol. The summed E-state index contributed by atoms with van der Waals surface area (Å²) in [6.07, 6.45) is 1.11. The number of carbonyl (C=O) groups is 2. The number of fused-ring (bicyclic) bond motifs is 2. The molecule has 0 fully saturated rings. The van der Waals surface area contributed by atoms with Gasteiger partial charge in [-0.2, -0.15) is 0 Å². The average molecular weight is 531 g/mol. The molecule has 0 radical (unpaired) electrons. The number of sulfonamides is 1. The van der Waals surface area contributed by atoms with Crippen molar-refractivity contribution >= 4 is 56.4 Å². The van der Waals surface area contributed by atoms with Crippen molar-refractivity contribution in [3.63, 3.8) is 0 Å². The molecule has 4 rings (SSSR count). The van der Waals surface area contributed by atoms with Gasteiger partial charge in [-0.3, -0.25) is 13.9 Å². The zero-order chi connectivity index (χ0) is 25.3. The van der Waals surface area contributed by atoms with Gasteiger partial charge in [0.05, 0.1) is 36.8 Å². The van der Waals surface area contributed by atoms with Crippen molar-refractivity contribution in [2.45, 2.75) is 32.5 Å². The topological polar surface area (TPSA) is 98.8 Å². The molecule has 3 aromatic carbocycles. The molecular weight excluding hydrogens is 500 g/mol. The second-order valence-electron chi connectivity index (χ2n) is 8.86. The van der Waals surface area contributed by atoms with Crippen LogP contribution in [0.4, 0.5) is 11.4 Å². The second kappa shape index (κ2) is 10.9. The van der Waals surface area contributed by atoms with Gasteiger partial charge in [0, 0.05) is 0 Å². The van der Waals surface area contributed by atoms with Gasteiger partial charge in [-0.1, -0.05) is 48.5 Å². The van der Waals surface area contributed by atoms with Gasteiger partial charge in [-0.15, -0.1) is 12.4 Å². The highest BCUT2D eigenvalue weighted by atomic mass is 35.5. The number of likely N-dealkylation sites (N-methyl/N-ethyl adjacent to an activating group) is 1. The van der Waals surface area contributed by atoms with Crippen LogP contribution < -0.4 is 19.8 Å². The van der Waals surface area contributed by atoms with Crippen molar-refractivity contribution in [1.82, 2.24) is 10.6 Å². The molecule has 192 valence electrons. The number of aryl methyl sites for hydroxylation is 1. The first-order valence-electron chi connectivity index (χ1n) is 11.4. The van der Waals surface area contributed by atoms with Crippen molar-refractivity contribution < 1.29 is 18.0 Å². The molecule has 2 N–H and O–H groups in total. The first-order valence-corrected chi connectivity index (χ1v) is 13.3. The Morgan fingerprint density at radius 2 is 1.69 bits per heavy atom. The number of hydrogen-bond acceptors (Lipinski definition) is 5. The molecule has 0 bridgehead atoms. The summed E-state index contributed by atoms with van der Waals surface area (Å²) >= 11 is 0. The predicted octanol–water partition coefficient (Wildman–Crippen LogP) is 2.98. The molecule has 2 unspecified atom stereocenters. The van der Waals surface area contributed by atoms with E-state index in [-0.39, 0.29) is 37.3 Å². The number of benzene rings is 3. The highest BCUT2D eigenvalue weighted by molar-refractivity contribution is 7.92. The van der Waals surface area contributed by atoms with Crippen LogP contribution in [0.5, 0.6) is 0 Å². The van der Waals surface area contributed by atoms with Crippen LogP contribution in [0.25, 0.3) is 10.8 Å². The van der Waals surface area contributed by atoms with Gasteiger partial charge in [0.15, 0.2) is 0 Å². The van der Waals surface area contributed by atoms with E-state index in [0.29, 0.717) is 11.4 Å². The maximum atomic E-state index is 13.9. The fourth-order valence-electron chi connectivity index (χ4n) is 4.38. The molecule has 10 heteroatoms. The van der Waals surface area contributed by atoms with E-state index in [1.807, 2.05) is 43.3 Å². The third kappa shape index (κ3) is 5.33. The molecule has 0 aliphatic carbocycles. The minimum Gasteiger partial charge on any atom is -0.341 e. The summed E-state index contributed by atoms with van der Waals surface area (Å²) in [7, 11) is -2.09. The Bertz CT molecular complexity index is 1400. The van der Waals surface area contributed by atoms with E-state index in [4.69, 9.17) is 0 Å². The fraction of sp³-hybridized carbons (Fsp3) is 0.308. The minimum atomic E-state index is -3.73. The summed E-state index contributed by atoms with van der Waals surface area (Å²) in [5.41, 5.74) is 2.86. The smallest absolute Gasteiger partial charge is 0.251 e. The van der Waals surface area contributed by atoms with Gasteiger partial charge in [0.25, 0.3) is 5.91 Å². The zero-order valence-electron chi connectivity index (χ0n) is 20.7. The first kappa shape index (κ1) is 27.4. The summed E-state index contributed by atoms with van der Waals surface area (Å²) in [5, 5.41) is 7.69. The third-order valence-corrected chi connectivity index (χ3v) is 7.63. The zero-order valence-corrected chi connectivity index (χ0v) is 22.3. The molecule has 1 aliphatic rings. The first-order chi connectivity index (χ1) is 16.6. The summed E-state index contributed by atoms with van der Waals surface area (Å²) in [6, 6.07) is 17.4. The van der Waals surface area contributed by atoms with Crippen LogP contribution >= 0.6 is 12.4 Å². The van der Waals surface area contributed by atoms with Crippen LogP contribution in [0.15, 0.2) is 60.7 Å². The highest BCUT2D eigenvalue weighted by Gasteiger charge is 2.38. The highest BCUT2D eigenvalue weighted by Crippen LogP contribution is 2.36. The maximum Gasteiger partial charge on any atom is 0.251 e. The molecule has 0 aromatic heterocycles. The molecule has 1 aliphatic heterocycles. The lowest BCUT2D eigenvalue weighted by atomic mass is 9.99. The van der Waals surface area contributed by atoms with E-state index in [0.717, 1.165) is 28.2 Å². The molecule has 0 spiro atoms. The maximum absolute atomic E-state index is 13.9. The Morgan fingerprint density at radius 3 is 2.36 bits per heavy atom. The van der Waals surface area contributed by atoms with Gasteiger partial charge in [0.1, 0.15) is 6.04 Å². The van der Waals surface area contributed by atoms with Crippen LogP contribution in [-0.4, -0.2) is 52.2 Å². The largest absolute Gasteiger partial charge is 0.341 e. The van der Waals surface area contributed by atoms with Gasteiger partial charge in [0.2, 0.25) is 15.9 Å². The normalized spacial score (nSPS) is 16.7. The molecule has 8 nitrogen and oxygen atoms in total. The van der Waals surface area contributed by atoms with E-state index in [1.54, 1.807) is 43.1 Å². The van der Waals surface area contributed by atoms with Crippen LogP contribution in [0.3, 0.4) is 0 Å². The fourth-order valence-corrected chi connectivity index (χ4v) is 5.31. The second-order valence-corrected chi connectivity index (χ2v) is 10.8. The summed E-state index contributed by atoms with van der Waals surface area (Å²) in [5.74, 6) is -0.751. The molecule has 0 saturated heterocycles. The molecule has 2 atom stereocenters. The van der Waals surface area contributed by atoms with Crippen LogP contribution in [0.2, 0.25) is 0 Å². The van der Waals surface area contributed by atoms with Gasteiger partial charge >= 0.3 is 0 Å².